The molecule has 0 N–H and O–H groups in total. The van der Waals surface area contributed by atoms with E-state index in [2.05, 4.69) is 13.0 Å². The molecule has 0 spiro atoms. The molecular formula is C21H19F. The van der Waals surface area contributed by atoms with Gasteiger partial charge in [-0.3, -0.25) is 0 Å². The summed E-state index contributed by atoms with van der Waals surface area (Å²) in [5, 5.41) is 0. The Labute approximate surface area is 131 Å². The molecule has 0 radical (unpaired) electrons. The average Bonchev–Trinajstić information content (AvgIpc) is 2.58. The van der Waals surface area contributed by atoms with E-state index in [1.165, 1.54) is 0 Å². The summed E-state index contributed by atoms with van der Waals surface area (Å²) in [4.78, 5) is 0. The monoisotopic (exact) mass is 290 g/mol. The zero-order chi connectivity index (χ0) is 15.4. The molecular weight excluding hydrogens is 271 g/mol. The molecule has 22 heavy (non-hydrogen) atoms. The van der Waals surface area contributed by atoms with Crippen molar-refractivity contribution in [1.82, 2.24) is 0 Å². The summed E-state index contributed by atoms with van der Waals surface area (Å²) in [6.07, 6.45) is 1.69. The molecule has 0 unspecified atom stereocenters. The Morgan fingerprint density at radius 1 is 0.727 bits per heavy atom. The van der Waals surface area contributed by atoms with Gasteiger partial charge in [-0.25, -0.2) is 4.39 Å². The van der Waals surface area contributed by atoms with E-state index in [-0.39, 0.29) is 5.82 Å². The van der Waals surface area contributed by atoms with E-state index < -0.39 is 0 Å². The van der Waals surface area contributed by atoms with Crippen molar-refractivity contribution in [1.29, 1.82) is 0 Å². The fourth-order valence-corrected chi connectivity index (χ4v) is 2.81. The number of hydrogen-bond acceptors (Lipinski definition) is 0. The van der Waals surface area contributed by atoms with Crippen LogP contribution in [-0.4, -0.2) is 0 Å². The third-order valence-electron chi connectivity index (χ3n) is 3.89. The minimum absolute atomic E-state index is 0.109. The zero-order valence-electron chi connectivity index (χ0n) is 12.7. The van der Waals surface area contributed by atoms with Gasteiger partial charge in [0.1, 0.15) is 5.82 Å². The van der Waals surface area contributed by atoms with Gasteiger partial charge in [0.05, 0.1) is 0 Å². The van der Waals surface area contributed by atoms with Crippen LogP contribution in [0.4, 0.5) is 4.39 Å². The minimum atomic E-state index is -0.109. The fraction of sp³-hybridized carbons (Fsp3) is 0.143. The average molecular weight is 290 g/mol. The summed E-state index contributed by atoms with van der Waals surface area (Å²) in [6.45, 7) is 2.08. The first-order chi connectivity index (χ1) is 10.8. The van der Waals surface area contributed by atoms with Gasteiger partial charge in [0.2, 0.25) is 0 Å². The standard InChI is InChI=1S/C21H19F/c1-2-9-19-20(17-12-7-4-8-13-17)14-18(15-21(19)22)16-10-5-3-6-11-16/h3-8,10-15H,2,9H2,1H3. The molecule has 0 bridgehead atoms. The van der Waals surface area contributed by atoms with Gasteiger partial charge in [-0.2, -0.15) is 0 Å². The molecule has 3 aromatic carbocycles. The van der Waals surface area contributed by atoms with Crippen molar-refractivity contribution in [2.75, 3.05) is 0 Å². The molecule has 0 saturated heterocycles. The number of halogens is 1. The summed E-state index contributed by atoms with van der Waals surface area (Å²) in [5.74, 6) is -0.109. The Bertz CT molecular complexity index is 746. The molecule has 0 amide bonds. The van der Waals surface area contributed by atoms with Crippen molar-refractivity contribution < 1.29 is 4.39 Å². The van der Waals surface area contributed by atoms with E-state index in [1.54, 1.807) is 6.07 Å². The van der Waals surface area contributed by atoms with Gasteiger partial charge >= 0.3 is 0 Å². The normalized spacial score (nSPS) is 10.6. The van der Waals surface area contributed by atoms with Gasteiger partial charge in [-0.05, 0) is 46.4 Å². The Balaban J connectivity index is 2.19. The molecule has 0 nitrogen and oxygen atoms in total. The molecule has 0 heterocycles. The number of rotatable bonds is 4. The smallest absolute Gasteiger partial charge is 0.127 e. The number of hydrogen-bond donors (Lipinski definition) is 0. The molecule has 3 rings (SSSR count). The van der Waals surface area contributed by atoms with Crippen molar-refractivity contribution in [3.8, 4) is 22.3 Å². The van der Waals surface area contributed by atoms with Gasteiger partial charge in [-0.1, -0.05) is 74.0 Å². The van der Waals surface area contributed by atoms with E-state index in [1.807, 2.05) is 60.7 Å². The first-order valence-corrected chi connectivity index (χ1v) is 7.73. The van der Waals surface area contributed by atoms with E-state index >= 15 is 0 Å². The second kappa shape index (κ2) is 6.57. The molecule has 110 valence electrons. The molecule has 0 saturated carbocycles. The Morgan fingerprint density at radius 3 is 1.91 bits per heavy atom. The predicted octanol–water partition coefficient (Wildman–Crippen LogP) is 6.11. The Kier molecular flexibility index (Phi) is 4.34. The van der Waals surface area contributed by atoms with Crippen molar-refractivity contribution in [3.63, 3.8) is 0 Å². The highest BCUT2D eigenvalue weighted by Gasteiger charge is 2.12. The predicted molar refractivity (Wildman–Crippen MR) is 91.3 cm³/mol. The van der Waals surface area contributed by atoms with Gasteiger partial charge in [0.25, 0.3) is 0 Å². The molecule has 0 fully saturated rings. The maximum Gasteiger partial charge on any atom is 0.127 e. The van der Waals surface area contributed by atoms with Crippen LogP contribution in [0, 0.1) is 5.82 Å². The summed E-state index contributed by atoms with van der Waals surface area (Å²) in [6, 6.07) is 23.8. The molecule has 0 aliphatic rings. The molecule has 1 heteroatoms. The van der Waals surface area contributed by atoms with Crippen molar-refractivity contribution in [3.05, 3.63) is 84.2 Å². The quantitative estimate of drug-likeness (QED) is 0.543. The summed E-state index contributed by atoms with van der Waals surface area (Å²) in [5.41, 5.74) is 4.86. The summed E-state index contributed by atoms with van der Waals surface area (Å²) in [7, 11) is 0. The topological polar surface area (TPSA) is 0 Å². The van der Waals surface area contributed by atoms with Crippen LogP contribution in [0.25, 0.3) is 22.3 Å². The molecule has 0 atom stereocenters. The minimum Gasteiger partial charge on any atom is -0.207 e. The Morgan fingerprint density at radius 2 is 1.32 bits per heavy atom. The first kappa shape index (κ1) is 14.5. The van der Waals surface area contributed by atoms with E-state index in [0.717, 1.165) is 40.7 Å². The lowest BCUT2D eigenvalue weighted by atomic mass is 9.92. The first-order valence-electron chi connectivity index (χ1n) is 7.73. The number of benzene rings is 3. The van der Waals surface area contributed by atoms with E-state index in [4.69, 9.17) is 0 Å². The fourth-order valence-electron chi connectivity index (χ4n) is 2.81. The lowest BCUT2D eigenvalue weighted by Gasteiger charge is -2.13. The third kappa shape index (κ3) is 2.94. The Hall–Kier alpha value is -2.41. The molecule has 3 aromatic rings. The van der Waals surface area contributed by atoms with E-state index in [0.29, 0.717) is 0 Å². The summed E-state index contributed by atoms with van der Waals surface area (Å²) < 4.78 is 14.7. The molecule has 0 aliphatic heterocycles. The maximum atomic E-state index is 14.7. The lowest BCUT2D eigenvalue weighted by molar-refractivity contribution is 0.609. The van der Waals surface area contributed by atoms with Crippen molar-refractivity contribution >= 4 is 0 Å². The van der Waals surface area contributed by atoms with Crippen LogP contribution in [0.5, 0.6) is 0 Å². The van der Waals surface area contributed by atoms with Gasteiger partial charge in [0, 0.05) is 0 Å². The highest BCUT2D eigenvalue weighted by molar-refractivity contribution is 5.76. The highest BCUT2D eigenvalue weighted by Crippen LogP contribution is 2.32. The van der Waals surface area contributed by atoms with Crippen LogP contribution >= 0.6 is 0 Å². The SMILES string of the molecule is CCCc1c(F)cc(-c2ccccc2)cc1-c1ccccc1. The third-order valence-corrected chi connectivity index (χ3v) is 3.89. The van der Waals surface area contributed by atoms with Crippen molar-refractivity contribution in [2.24, 2.45) is 0 Å². The van der Waals surface area contributed by atoms with Gasteiger partial charge in [-0.15, -0.1) is 0 Å². The maximum absolute atomic E-state index is 14.7. The van der Waals surface area contributed by atoms with Crippen LogP contribution < -0.4 is 0 Å². The highest BCUT2D eigenvalue weighted by atomic mass is 19.1. The van der Waals surface area contributed by atoms with Crippen LogP contribution in [0.2, 0.25) is 0 Å². The van der Waals surface area contributed by atoms with Gasteiger partial charge < -0.3 is 0 Å². The lowest BCUT2D eigenvalue weighted by Crippen LogP contribution is -1.96. The van der Waals surface area contributed by atoms with Crippen LogP contribution in [0.15, 0.2) is 72.8 Å². The van der Waals surface area contributed by atoms with E-state index in [9.17, 15) is 4.39 Å². The zero-order valence-corrected chi connectivity index (χ0v) is 12.7. The van der Waals surface area contributed by atoms with Gasteiger partial charge in [0.15, 0.2) is 0 Å². The van der Waals surface area contributed by atoms with Crippen molar-refractivity contribution in [2.45, 2.75) is 19.8 Å². The summed E-state index contributed by atoms with van der Waals surface area (Å²) >= 11 is 0. The second-order valence-corrected chi connectivity index (χ2v) is 5.47. The van der Waals surface area contributed by atoms with Crippen LogP contribution in [-0.2, 0) is 6.42 Å². The van der Waals surface area contributed by atoms with Crippen LogP contribution in [0.1, 0.15) is 18.9 Å². The molecule has 0 aliphatic carbocycles. The second-order valence-electron chi connectivity index (χ2n) is 5.47. The molecule has 0 aromatic heterocycles. The van der Waals surface area contributed by atoms with Crippen LogP contribution in [0.3, 0.4) is 0 Å². The largest absolute Gasteiger partial charge is 0.207 e.